The Balaban J connectivity index is 2.43. The number of rotatable bonds is 8. The van der Waals surface area contributed by atoms with E-state index in [2.05, 4.69) is 15.2 Å². The summed E-state index contributed by atoms with van der Waals surface area (Å²) in [7, 11) is 0. The minimum Gasteiger partial charge on any atom is -0.433 e. The number of carbonyl (C=O) groups excluding carboxylic acids is 1. The quantitative estimate of drug-likeness (QED) is 0.558. The number of nitrogens with zero attached hydrogens (tertiary/aromatic N) is 3. The zero-order chi connectivity index (χ0) is 20.0. The van der Waals surface area contributed by atoms with Gasteiger partial charge < -0.3 is 10.1 Å². The van der Waals surface area contributed by atoms with Gasteiger partial charge in [-0.3, -0.25) is 19.8 Å². The molecule has 0 atom stereocenters. The van der Waals surface area contributed by atoms with Crippen LogP contribution in [0.4, 0.5) is 11.4 Å². The van der Waals surface area contributed by atoms with Gasteiger partial charge in [-0.1, -0.05) is 13.8 Å². The molecule has 8 nitrogen and oxygen atoms in total. The predicted molar refractivity (Wildman–Crippen MR) is 103 cm³/mol. The zero-order valence-electron chi connectivity index (χ0n) is 16.0. The summed E-state index contributed by atoms with van der Waals surface area (Å²) in [5.41, 5.74) is 1.94. The number of pyridine rings is 1. The van der Waals surface area contributed by atoms with E-state index in [9.17, 15) is 14.9 Å². The molecule has 1 amide bonds. The van der Waals surface area contributed by atoms with Crippen molar-refractivity contribution < 1.29 is 14.5 Å². The van der Waals surface area contributed by atoms with Crippen LogP contribution in [0.25, 0.3) is 0 Å². The van der Waals surface area contributed by atoms with Gasteiger partial charge in [0.2, 0.25) is 5.91 Å². The number of hydrogen-bond donors (Lipinski definition) is 1. The average Bonchev–Trinajstić information content (AvgIpc) is 2.62. The van der Waals surface area contributed by atoms with Gasteiger partial charge in [0.15, 0.2) is 0 Å². The summed E-state index contributed by atoms with van der Waals surface area (Å²) in [5.74, 6) is 0.238. The topological polar surface area (TPSA) is 97.6 Å². The second-order valence-corrected chi connectivity index (χ2v) is 6.16. The van der Waals surface area contributed by atoms with Crippen LogP contribution in [0.15, 0.2) is 30.5 Å². The van der Waals surface area contributed by atoms with Gasteiger partial charge >= 0.3 is 5.69 Å². The molecule has 0 saturated heterocycles. The van der Waals surface area contributed by atoms with E-state index in [-0.39, 0.29) is 17.5 Å². The maximum Gasteiger partial charge on any atom is 0.331 e. The van der Waals surface area contributed by atoms with Gasteiger partial charge in [-0.25, -0.2) is 4.98 Å². The van der Waals surface area contributed by atoms with E-state index in [4.69, 9.17) is 4.74 Å². The lowest BCUT2D eigenvalue weighted by atomic mass is 10.1. The summed E-state index contributed by atoms with van der Waals surface area (Å²) in [6.45, 7) is 9.52. The summed E-state index contributed by atoms with van der Waals surface area (Å²) >= 11 is 0. The highest BCUT2D eigenvalue weighted by molar-refractivity contribution is 5.88. The number of nitrogens with one attached hydrogen (secondary N) is 1. The third-order valence-electron chi connectivity index (χ3n) is 4.04. The number of amides is 1. The van der Waals surface area contributed by atoms with E-state index < -0.39 is 4.92 Å². The molecule has 144 valence electrons. The third-order valence-corrected chi connectivity index (χ3v) is 4.04. The Kier molecular flexibility index (Phi) is 6.84. The normalized spacial score (nSPS) is 10.7. The van der Waals surface area contributed by atoms with Crippen LogP contribution < -0.4 is 10.1 Å². The number of anilines is 1. The molecular weight excluding hydrogens is 348 g/mol. The molecule has 2 rings (SSSR count). The molecule has 27 heavy (non-hydrogen) atoms. The number of carbonyl (C=O) groups is 1. The van der Waals surface area contributed by atoms with E-state index >= 15 is 0 Å². The molecule has 1 N–H and O–H groups in total. The summed E-state index contributed by atoms with van der Waals surface area (Å²) in [6.07, 6.45) is 1.53. The van der Waals surface area contributed by atoms with E-state index in [1.54, 1.807) is 19.1 Å². The van der Waals surface area contributed by atoms with Gasteiger partial charge in [-0.15, -0.1) is 0 Å². The summed E-state index contributed by atoms with van der Waals surface area (Å²) in [6, 6.07) is 6.63. The minimum atomic E-state index is -0.509. The smallest absolute Gasteiger partial charge is 0.331 e. The standard InChI is InChI=1S/C19H24N4O4/c1-5-22(6-2)12-15-10-16(21-14(4)24)7-8-18(15)27-19-17(23(25)26)9-13(3)11-20-19/h7-11H,5-6,12H2,1-4H3,(H,21,24). The van der Waals surface area contributed by atoms with E-state index in [0.29, 0.717) is 23.5 Å². The first-order valence-electron chi connectivity index (χ1n) is 8.75. The number of ether oxygens (including phenoxy) is 1. The monoisotopic (exact) mass is 372 g/mol. The van der Waals surface area contributed by atoms with E-state index in [0.717, 1.165) is 18.7 Å². The molecule has 0 aliphatic carbocycles. The Hall–Kier alpha value is -3.00. The van der Waals surface area contributed by atoms with Gasteiger partial charge in [0, 0.05) is 37.0 Å². The lowest BCUT2D eigenvalue weighted by molar-refractivity contribution is -0.386. The molecule has 0 bridgehead atoms. The number of nitro groups is 1. The Morgan fingerprint density at radius 3 is 2.59 bits per heavy atom. The molecule has 8 heteroatoms. The number of aromatic nitrogens is 1. The first-order valence-corrected chi connectivity index (χ1v) is 8.75. The molecule has 1 aromatic heterocycles. The van der Waals surface area contributed by atoms with Crippen LogP contribution in [-0.4, -0.2) is 33.8 Å². The number of hydrogen-bond acceptors (Lipinski definition) is 6. The summed E-state index contributed by atoms with van der Waals surface area (Å²) < 4.78 is 5.81. The van der Waals surface area contributed by atoms with Crippen LogP contribution in [0.5, 0.6) is 11.6 Å². The largest absolute Gasteiger partial charge is 0.433 e. The average molecular weight is 372 g/mol. The van der Waals surface area contributed by atoms with Crippen molar-refractivity contribution in [2.75, 3.05) is 18.4 Å². The lowest BCUT2D eigenvalue weighted by Crippen LogP contribution is -2.22. The third kappa shape index (κ3) is 5.49. The highest BCUT2D eigenvalue weighted by Crippen LogP contribution is 2.33. The predicted octanol–water partition coefficient (Wildman–Crippen LogP) is 3.89. The number of benzene rings is 1. The van der Waals surface area contributed by atoms with Crippen molar-refractivity contribution >= 4 is 17.3 Å². The van der Waals surface area contributed by atoms with Crippen LogP contribution >= 0.6 is 0 Å². The van der Waals surface area contributed by atoms with Crippen molar-refractivity contribution in [2.45, 2.75) is 34.2 Å². The zero-order valence-corrected chi connectivity index (χ0v) is 16.0. The molecule has 0 aliphatic rings. The van der Waals surface area contributed by atoms with E-state index in [1.807, 2.05) is 19.9 Å². The molecule has 2 aromatic rings. The van der Waals surface area contributed by atoms with Gasteiger partial charge in [0.25, 0.3) is 5.88 Å². The molecule has 0 saturated carbocycles. The van der Waals surface area contributed by atoms with Crippen LogP contribution in [-0.2, 0) is 11.3 Å². The van der Waals surface area contributed by atoms with Crippen molar-refractivity contribution in [2.24, 2.45) is 0 Å². The molecule has 0 unspecified atom stereocenters. The second-order valence-electron chi connectivity index (χ2n) is 6.16. The fourth-order valence-electron chi connectivity index (χ4n) is 2.63. The molecule has 1 aromatic carbocycles. The summed E-state index contributed by atoms with van der Waals surface area (Å²) in [4.78, 5) is 28.4. The highest BCUT2D eigenvalue weighted by atomic mass is 16.6. The van der Waals surface area contributed by atoms with Crippen molar-refractivity contribution in [3.63, 3.8) is 0 Å². The maximum absolute atomic E-state index is 11.3. The molecule has 1 heterocycles. The van der Waals surface area contributed by atoms with Crippen molar-refractivity contribution in [3.05, 3.63) is 51.7 Å². The Morgan fingerprint density at radius 2 is 2.00 bits per heavy atom. The lowest BCUT2D eigenvalue weighted by Gasteiger charge is -2.20. The summed E-state index contributed by atoms with van der Waals surface area (Å²) in [5, 5.41) is 14.1. The fourth-order valence-corrected chi connectivity index (χ4v) is 2.63. The highest BCUT2D eigenvalue weighted by Gasteiger charge is 2.20. The van der Waals surface area contributed by atoms with Crippen LogP contribution in [0, 0.1) is 17.0 Å². The Bertz CT molecular complexity index is 834. The minimum absolute atomic E-state index is 0.0568. The van der Waals surface area contributed by atoms with Crippen molar-refractivity contribution in [1.82, 2.24) is 9.88 Å². The molecular formula is C19H24N4O4. The van der Waals surface area contributed by atoms with Crippen LogP contribution in [0.2, 0.25) is 0 Å². The second kappa shape index (κ2) is 9.09. The van der Waals surface area contributed by atoms with Gasteiger partial charge in [-0.05, 0) is 43.8 Å². The molecule has 0 radical (unpaired) electrons. The van der Waals surface area contributed by atoms with Crippen LogP contribution in [0.1, 0.15) is 31.9 Å². The first-order chi connectivity index (χ1) is 12.8. The van der Waals surface area contributed by atoms with Crippen molar-refractivity contribution in [3.8, 4) is 11.6 Å². The first kappa shape index (κ1) is 20.3. The Morgan fingerprint density at radius 1 is 1.30 bits per heavy atom. The molecule has 0 aliphatic heterocycles. The maximum atomic E-state index is 11.3. The molecule has 0 fully saturated rings. The fraction of sp³-hybridized carbons (Fsp3) is 0.368. The Labute approximate surface area is 158 Å². The van der Waals surface area contributed by atoms with Crippen molar-refractivity contribution in [1.29, 1.82) is 0 Å². The number of aryl methyl sites for hydroxylation is 1. The van der Waals surface area contributed by atoms with Gasteiger partial charge in [0.05, 0.1) is 4.92 Å². The van der Waals surface area contributed by atoms with Gasteiger partial charge in [-0.2, -0.15) is 0 Å². The molecule has 0 spiro atoms. The van der Waals surface area contributed by atoms with Gasteiger partial charge in [0.1, 0.15) is 5.75 Å². The van der Waals surface area contributed by atoms with Crippen LogP contribution in [0.3, 0.4) is 0 Å². The van der Waals surface area contributed by atoms with E-state index in [1.165, 1.54) is 19.2 Å². The SMILES string of the molecule is CCN(CC)Cc1cc(NC(C)=O)ccc1Oc1ncc(C)cc1[N+](=O)[O-].